The molecule has 1 heterocycles. The summed E-state index contributed by atoms with van der Waals surface area (Å²) in [4.78, 5) is 7.04. The van der Waals surface area contributed by atoms with Crippen molar-refractivity contribution in [3.8, 4) is 0 Å². The molecule has 6 heteroatoms. The minimum absolute atomic E-state index is 0.425. The number of nitrogens with one attached hydrogen (secondary N) is 2. The Morgan fingerprint density at radius 3 is 2.64 bits per heavy atom. The highest BCUT2D eigenvalue weighted by molar-refractivity contribution is 5.80. The molecule has 1 aliphatic heterocycles. The van der Waals surface area contributed by atoms with Gasteiger partial charge in [0.2, 0.25) is 0 Å². The minimum atomic E-state index is -0.547. The molecule has 4 nitrogen and oxygen atoms in total. The Bertz CT molecular complexity index is 554. The van der Waals surface area contributed by atoms with Crippen LogP contribution in [0.1, 0.15) is 38.7 Å². The summed E-state index contributed by atoms with van der Waals surface area (Å²) in [6.07, 6.45) is 3.87. The van der Waals surface area contributed by atoms with E-state index in [-0.39, 0.29) is 0 Å². The van der Waals surface area contributed by atoms with Gasteiger partial charge in [-0.3, -0.25) is 4.99 Å². The highest BCUT2D eigenvalue weighted by atomic mass is 19.1. The summed E-state index contributed by atoms with van der Waals surface area (Å²) in [6, 6.07) is 4.13. The molecular weight excluding hydrogens is 322 g/mol. The van der Waals surface area contributed by atoms with Crippen molar-refractivity contribution in [3.63, 3.8) is 0 Å². The largest absolute Gasteiger partial charge is 0.357 e. The predicted molar refractivity (Wildman–Crippen MR) is 98.9 cm³/mol. The third kappa shape index (κ3) is 6.61. The van der Waals surface area contributed by atoms with Crippen LogP contribution in [0.15, 0.2) is 23.2 Å². The standard InChI is InChI=1S/C19H30F2N4/c1-3-11-25-12-8-17(9-13-25)24-19(22-4-2)23-10-7-15-5-6-16(20)14-18(15)21/h5-6,14,17H,3-4,7-13H2,1-2H3,(H2,22,23,24). The van der Waals surface area contributed by atoms with E-state index in [4.69, 9.17) is 0 Å². The summed E-state index contributed by atoms with van der Waals surface area (Å²) in [6.45, 7) is 8.89. The summed E-state index contributed by atoms with van der Waals surface area (Å²) in [7, 11) is 0. The van der Waals surface area contributed by atoms with Crippen molar-refractivity contribution in [2.75, 3.05) is 32.7 Å². The monoisotopic (exact) mass is 352 g/mol. The lowest BCUT2D eigenvalue weighted by Gasteiger charge is -2.32. The van der Waals surface area contributed by atoms with Crippen LogP contribution >= 0.6 is 0 Å². The number of halogens is 2. The van der Waals surface area contributed by atoms with Crippen molar-refractivity contribution in [1.29, 1.82) is 0 Å². The smallest absolute Gasteiger partial charge is 0.191 e. The van der Waals surface area contributed by atoms with Gasteiger partial charge in [-0.2, -0.15) is 0 Å². The van der Waals surface area contributed by atoms with Crippen LogP contribution in [0.5, 0.6) is 0 Å². The fourth-order valence-electron chi connectivity index (χ4n) is 3.14. The molecule has 0 atom stereocenters. The number of hydrogen-bond acceptors (Lipinski definition) is 2. The molecule has 1 aromatic rings. The summed E-state index contributed by atoms with van der Waals surface area (Å²) in [5, 5.41) is 6.74. The van der Waals surface area contributed by atoms with Crippen LogP contribution in [0.4, 0.5) is 8.78 Å². The number of nitrogens with zero attached hydrogens (tertiary/aromatic N) is 2. The second kappa shape index (κ2) is 10.3. The number of likely N-dealkylation sites (tertiary alicyclic amines) is 1. The molecule has 2 rings (SSSR count). The number of aliphatic imine (C=N–C) groups is 1. The lowest BCUT2D eigenvalue weighted by molar-refractivity contribution is 0.206. The number of rotatable bonds is 7. The van der Waals surface area contributed by atoms with Crippen LogP contribution in [0, 0.1) is 11.6 Å². The molecule has 140 valence electrons. The first kappa shape index (κ1) is 19.6. The van der Waals surface area contributed by atoms with Crippen molar-refractivity contribution >= 4 is 5.96 Å². The Morgan fingerprint density at radius 1 is 1.24 bits per heavy atom. The summed E-state index contributed by atoms with van der Waals surface area (Å²) in [5.74, 6) is -0.274. The fraction of sp³-hybridized carbons (Fsp3) is 0.632. The third-order valence-corrected chi connectivity index (χ3v) is 4.48. The van der Waals surface area contributed by atoms with E-state index in [9.17, 15) is 8.78 Å². The molecule has 1 aromatic carbocycles. The normalized spacial score (nSPS) is 16.9. The predicted octanol–water partition coefficient (Wildman–Crippen LogP) is 2.94. The Morgan fingerprint density at radius 2 is 2.00 bits per heavy atom. The first-order valence-electron chi connectivity index (χ1n) is 9.33. The van der Waals surface area contributed by atoms with Crippen molar-refractivity contribution in [1.82, 2.24) is 15.5 Å². The van der Waals surface area contributed by atoms with Gasteiger partial charge in [-0.15, -0.1) is 0 Å². The molecule has 0 aromatic heterocycles. The lowest BCUT2D eigenvalue weighted by Crippen LogP contribution is -2.48. The van der Waals surface area contributed by atoms with Gasteiger partial charge < -0.3 is 15.5 Å². The van der Waals surface area contributed by atoms with E-state index < -0.39 is 11.6 Å². The minimum Gasteiger partial charge on any atom is -0.357 e. The Kier molecular flexibility index (Phi) is 8.12. The van der Waals surface area contributed by atoms with Gasteiger partial charge >= 0.3 is 0 Å². The van der Waals surface area contributed by atoms with Gasteiger partial charge in [0.1, 0.15) is 11.6 Å². The maximum atomic E-state index is 13.7. The molecule has 0 amide bonds. The topological polar surface area (TPSA) is 39.7 Å². The van der Waals surface area contributed by atoms with Crippen LogP contribution in [0.25, 0.3) is 0 Å². The molecule has 2 N–H and O–H groups in total. The van der Waals surface area contributed by atoms with Crippen molar-refractivity contribution in [3.05, 3.63) is 35.4 Å². The molecule has 0 bridgehead atoms. The fourth-order valence-corrected chi connectivity index (χ4v) is 3.14. The molecule has 25 heavy (non-hydrogen) atoms. The molecule has 1 aliphatic rings. The molecule has 0 unspecified atom stereocenters. The maximum absolute atomic E-state index is 13.7. The molecule has 1 saturated heterocycles. The maximum Gasteiger partial charge on any atom is 0.191 e. The molecule has 0 spiro atoms. The number of piperidine rings is 1. The lowest BCUT2D eigenvalue weighted by atomic mass is 10.1. The second-order valence-electron chi connectivity index (χ2n) is 6.51. The summed E-state index contributed by atoms with van der Waals surface area (Å²) >= 11 is 0. The van der Waals surface area contributed by atoms with Crippen molar-refractivity contribution < 1.29 is 8.78 Å². The zero-order chi connectivity index (χ0) is 18.1. The average molecular weight is 352 g/mol. The Hall–Kier alpha value is -1.69. The third-order valence-electron chi connectivity index (χ3n) is 4.48. The second-order valence-corrected chi connectivity index (χ2v) is 6.51. The van der Waals surface area contributed by atoms with Crippen LogP contribution in [0.2, 0.25) is 0 Å². The van der Waals surface area contributed by atoms with E-state index in [0.717, 1.165) is 44.5 Å². The molecule has 0 radical (unpaired) electrons. The molecule has 0 aliphatic carbocycles. The average Bonchev–Trinajstić information content (AvgIpc) is 2.59. The van der Waals surface area contributed by atoms with Gasteiger partial charge in [0.25, 0.3) is 0 Å². The Labute approximate surface area is 149 Å². The Balaban J connectivity index is 1.84. The van der Waals surface area contributed by atoms with Gasteiger partial charge in [0.15, 0.2) is 5.96 Å². The van der Waals surface area contributed by atoms with Crippen LogP contribution in [0.3, 0.4) is 0 Å². The van der Waals surface area contributed by atoms with Crippen molar-refractivity contribution in [2.24, 2.45) is 4.99 Å². The SMILES string of the molecule is CCCN1CCC(NC(=NCCc2ccc(F)cc2F)NCC)CC1. The van der Waals surface area contributed by atoms with Gasteiger partial charge in [-0.1, -0.05) is 13.0 Å². The van der Waals surface area contributed by atoms with Crippen LogP contribution < -0.4 is 10.6 Å². The zero-order valence-electron chi connectivity index (χ0n) is 15.3. The number of benzene rings is 1. The van der Waals surface area contributed by atoms with E-state index in [0.29, 0.717) is 24.6 Å². The van der Waals surface area contributed by atoms with Crippen LogP contribution in [-0.4, -0.2) is 49.6 Å². The molecular formula is C19H30F2N4. The van der Waals surface area contributed by atoms with E-state index in [1.807, 2.05) is 6.92 Å². The van der Waals surface area contributed by atoms with Gasteiger partial charge in [0, 0.05) is 38.3 Å². The highest BCUT2D eigenvalue weighted by Crippen LogP contribution is 2.11. The summed E-state index contributed by atoms with van der Waals surface area (Å²) in [5.41, 5.74) is 0.494. The zero-order valence-corrected chi connectivity index (χ0v) is 15.3. The molecule has 1 fully saturated rings. The quantitative estimate of drug-likeness (QED) is 0.585. The van der Waals surface area contributed by atoms with E-state index in [1.165, 1.54) is 25.1 Å². The van der Waals surface area contributed by atoms with Crippen LogP contribution in [-0.2, 0) is 6.42 Å². The number of guanidine groups is 1. The van der Waals surface area contributed by atoms with E-state index >= 15 is 0 Å². The van der Waals surface area contributed by atoms with Crippen molar-refractivity contribution in [2.45, 2.75) is 45.6 Å². The van der Waals surface area contributed by atoms with E-state index in [1.54, 1.807) is 0 Å². The first-order chi connectivity index (χ1) is 12.1. The summed E-state index contributed by atoms with van der Waals surface area (Å²) < 4.78 is 26.6. The van der Waals surface area contributed by atoms with Gasteiger partial charge in [-0.25, -0.2) is 8.78 Å². The number of hydrogen-bond donors (Lipinski definition) is 2. The van der Waals surface area contributed by atoms with Gasteiger partial charge in [0.05, 0.1) is 0 Å². The highest BCUT2D eigenvalue weighted by Gasteiger charge is 2.19. The first-order valence-corrected chi connectivity index (χ1v) is 9.33. The van der Waals surface area contributed by atoms with E-state index in [2.05, 4.69) is 27.4 Å². The molecule has 0 saturated carbocycles. The van der Waals surface area contributed by atoms with Gasteiger partial charge in [-0.05, 0) is 50.8 Å².